The fourth-order valence-electron chi connectivity index (χ4n) is 3.36. The molecule has 3 rings (SSSR count). The van der Waals surface area contributed by atoms with E-state index < -0.39 is 0 Å². The number of rotatable bonds is 8. The lowest BCUT2D eigenvalue weighted by Crippen LogP contribution is -2.38. The number of carbonyl (C=O) groups excluding carboxylic acids is 1. The van der Waals surface area contributed by atoms with E-state index in [9.17, 15) is 4.79 Å². The van der Waals surface area contributed by atoms with Gasteiger partial charge in [0.05, 0.1) is 7.11 Å². The predicted molar refractivity (Wildman–Crippen MR) is 110 cm³/mol. The standard InChI is InChI=1S/C23H28N2O2/c1-27-22-13-7-12-21(19-22)23(26)25(18-17-24-14-5-6-15-24)16-8-11-20-9-3-2-4-10-20/h2-4,7-13,19H,5-6,14-18H2,1H3/b11-8+. The zero-order valence-corrected chi connectivity index (χ0v) is 16.0. The molecule has 2 aromatic carbocycles. The molecule has 0 radical (unpaired) electrons. The Kier molecular flexibility index (Phi) is 7.05. The van der Waals surface area contributed by atoms with E-state index in [0.717, 1.165) is 31.7 Å². The summed E-state index contributed by atoms with van der Waals surface area (Å²) in [6.45, 7) is 4.53. The van der Waals surface area contributed by atoms with Crippen LogP contribution in [0.3, 0.4) is 0 Å². The Bertz CT molecular complexity index is 752. The zero-order valence-electron chi connectivity index (χ0n) is 16.0. The molecule has 27 heavy (non-hydrogen) atoms. The van der Waals surface area contributed by atoms with E-state index in [1.54, 1.807) is 7.11 Å². The maximum atomic E-state index is 13.1. The number of ether oxygens (including phenoxy) is 1. The minimum Gasteiger partial charge on any atom is -0.497 e. The molecule has 1 fully saturated rings. The lowest BCUT2D eigenvalue weighted by atomic mass is 10.1. The molecule has 0 bridgehead atoms. The number of nitrogens with zero attached hydrogens (tertiary/aromatic N) is 2. The largest absolute Gasteiger partial charge is 0.497 e. The molecule has 1 amide bonds. The molecule has 0 atom stereocenters. The van der Waals surface area contributed by atoms with Crippen molar-refractivity contribution in [3.63, 3.8) is 0 Å². The van der Waals surface area contributed by atoms with Crippen LogP contribution in [0.15, 0.2) is 60.7 Å². The normalized spacial score (nSPS) is 14.6. The van der Waals surface area contributed by atoms with Crippen molar-refractivity contribution in [1.29, 1.82) is 0 Å². The number of hydrogen-bond acceptors (Lipinski definition) is 3. The third-order valence-electron chi connectivity index (χ3n) is 4.92. The monoisotopic (exact) mass is 364 g/mol. The first kappa shape index (κ1) is 19.2. The predicted octanol–water partition coefficient (Wildman–Crippen LogP) is 3.95. The van der Waals surface area contributed by atoms with Crippen LogP contribution in [0.25, 0.3) is 6.08 Å². The van der Waals surface area contributed by atoms with E-state index in [1.165, 1.54) is 12.8 Å². The average Bonchev–Trinajstić information content (AvgIpc) is 3.24. The van der Waals surface area contributed by atoms with Gasteiger partial charge < -0.3 is 14.5 Å². The van der Waals surface area contributed by atoms with E-state index in [2.05, 4.69) is 29.2 Å². The molecule has 142 valence electrons. The van der Waals surface area contributed by atoms with E-state index in [0.29, 0.717) is 17.9 Å². The molecule has 1 saturated heterocycles. The maximum Gasteiger partial charge on any atom is 0.254 e. The van der Waals surface area contributed by atoms with Gasteiger partial charge in [-0.1, -0.05) is 48.6 Å². The maximum absolute atomic E-state index is 13.1. The molecule has 0 unspecified atom stereocenters. The first-order chi connectivity index (χ1) is 13.3. The minimum atomic E-state index is 0.0470. The van der Waals surface area contributed by atoms with Gasteiger partial charge in [-0.25, -0.2) is 0 Å². The van der Waals surface area contributed by atoms with Crippen LogP contribution in [-0.4, -0.2) is 55.5 Å². The van der Waals surface area contributed by atoms with Gasteiger partial charge in [-0.3, -0.25) is 4.79 Å². The third kappa shape index (κ3) is 5.69. The molecule has 0 aliphatic carbocycles. The van der Waals surface area contributed by atoms with Gasteiger partial charge >= 0.3 is 0 Å². The molecule has 4 heteroatoms. The summed E-state index contributed by atoms with van der Waals surface area (Å²) in [5.41, 5.74) is 1.81. The molecule has 0 spiro atoms. The Balaban J connectivity index is 1.69. The van der Waals surface area contributed by atoms with Crippen molar-refractivity contribution in [2.45, 2.75) is 12.8 Å². The van der Waals surface area contributed by atoms with Crippen molar-refractivity contribution < 1.29 is 9.53 Å². The van der Waals surface area contributed by atoms with Crippen LogP contribution >= 0.6 is 0 Å². The summed E-state index contributed by atoms with van der Waals surface area (Å²) in [7, 11) is 1.62. The minimum absolute atomic E-state index is 0.0470. The fourth-order valence-corrected chi connectivity index (χ4v) is 3.36. The molecule has 0 N–H and O–H groups in total. The number of amides is 1. The Morgan fingerprint density at radius 2 is 1.89 bits per heavy atom. The molecule has 4 nitrogen and oxygen atoms in total. The van der Waals surface area contributed by atoms with Gasteiger partial charge in [-0.15, -0.1) is 0 Å². The number of likely N-dealkylation sites (tertiary alicyclic amines) is 1. The quantitative estimate of drug-likeness (QED) is 0.711. The first-order valence-electron chi connectivity index (χ1n) is 9.63. The average molecular weight is 364 g/mol. The second-order valence-corrected chi connectivity index (χ2v) is 6.84. The van der Waals surface area contributed by atoms with Crippen LogP contribution in [0.2, 0.25) is 0 Å². The van der Waals surface area contributed by atoms with Crippen molar-refractivity contribution in [3.8, 4) is 5.75 Å². The second-order valence-electron chi connectivity index (χ2n) is 6.84. The van der Waals surface area contributed by atoms with Gasteiger partial charge in [0.2, 0.25) is 0 Å². The Hall–Kier alpha value is -2.59. The zero-order chi connectivity index (χ0) is 18.9. The summed E-state index contributed by atoms with van der Waals surface area (Å²) in [4.78, 5) is 17.4. The van der Waals surface area contributed by atoms with Crippen molar-refractivity contribution in [1.82, 2.24) is 9.80 Å². The van der Waals surface area contributed by atoms with E-state index in [4.69, 9.17) is 4.74 Å². The van der Waals surface area contributed by atoms with Crippen LogP contribution in [0.5, 0.6) is 5.75 Å². The van der Waals surface area contributed by atoms with Crippen LogP contribution in [0.1, 0.15) is 28.8 Å². The molecule has 0 saturated carbocycles. The molecule has 1 aliphatic heterocycles. The lowest BCUT2D eigenvalue weighted by Gasteiger charge is -2.24. The highest BCUT2D eigenvalue weighted by Gasteiger charge is 2.18. The third-order valence-corrected chi connectivity index (χ3v) is 4.92. The summed E-state index contributed by atoms with van der Waals surface area (Å²) >= 11 is 0. The molecule has 0 aromatic heterocycles. The molecule has 2 aromatic rings. The van der Waals surface area contributed by atoms with E-state index in [-0.39, 0.29) is 5.91 Å². The summed E-state index contributed by atoms with van der Waals surface area (Å²) in [5, 5.41) is 0. The number of methoxy groups -OCH3 is 1. The van der Waals surface area contributed by atoms with Crippen LogP contribution < -0.4 is 4.74 Å². The van der Waals surface area contributed by atoms with Crippen LogP contribution in [0.4, 0.5) is 0 Å². The Morgan fingerprint density at radius 3 is 2.63 bits per heavy atom. The molecule has 1 heterocycles. The van der Waals surface area contributed by atoms with Gasteiger partial charge in [0.1, 0.15) is 5.75 Å². The summed E-state index contributed by atoms with van der Waals surface area (Å²) < 4.78 is 5.27. The van der Waals surface area contributed by atoms with Crippen LogP contribution in [0, 0.1) is 0 Å². The van der Waals surface area contributed by atoms with Crippen molar-refractivity contribution in [2.75, 3.05) is 39.8 Å². The molecular weight excluding hydrogens is 336 g/mol. The van der Waals surface area contributed by atoms with Crippen molar-refractivity contribution in [3.05, 3.63) is 71.8 Å². The topological polar surface area (TPSA) is 32.8 Å². The summed E-state index contributed by atoms with van der Waals surface area (Å²) in [6.07, 6.45) is 6.66. The second kappa shape index (κ2) is 9.93. The SMILES string of the molecule is COc1cccc(C(=O)N(C/C=C/c2ccccc2)CCN2CCCC2)c1. The molecular formula is C23H28N2O2. The fraction of sp³-hybridized carbons (Fsp3) is 0.348. The first-order valence-corrected chi connectivity index (χ1v) is 9.63. The number of benzene rings is 2. The van der Waals surface area contributed by atoms with Gasteiger partial charge in [0.25, 0.3) is 5.91 Å². The Morgan fingerprint density at radius 1 is 1.11 bits per heavy atom. The van der Waals surface area contributed by atoms with Gasteiger partial charge in [0, 0.05) is 25.2 Å². The summed E-state index contributed by atoms with van der Waals surface area (Å²) in [6, 6.07) is 17.6. The highest BCUT2D eigenvalue weighted by atomic mass is 16.5. The summed E-state index contributed by atoms with van der Waals surface area (Å²) in [5.74, 6) is 0.756. The van der Waals surface area contributed by atoms with Crippen molar-refractivity contribution >= 4 is 12.0 Å². The highest BCUT2D eigenvalue weighted by Crippen LogP contribution is 2.15. The highest BCUT2D eigenvalue weighted by molar-refractivity contribution is 5.94. The number of carbonyl (C=O) groups is 1. The van der Waals surface area contributed by atoms with Crippen LogP contribution in [-0.2, 0) is 0 Å². The van der Waals surface area contributed by atoms with E-state index in [1.807, 2.05) is 47.4 Å². The van der Waals surface area contributed by atoms with Crippen molar-refractivity contribution in [2.24, 2.45) is 0 Å². The number of hydrogen-bond donors (Lipinski definition) is 0. The smallest absolute Gasteiger partial charge is 0.254 e. The Labute approximate surface area is 162 Å². The molecule has 1 aliphatic rings. The van der Waals surface area contributed by atoms with Gasteiger partial charge in [0.15, 0.2) is 0 Å². The van der Waals surface area contributed by atoms with Gasteiger partial charge in [-0.2, -0.15) is 0 Å². The van der Waals surface area contributed by atoms with E-state index >= 15 is 0 Å². The lowest BCUT2D eigenvalue weighted by molar-refractivity contribution is 0.0759. The van der Waals surface area contributed by atoms with Gasteiger partial charge in [-0.05, 0) is 49.7 Å².